The molecule has 0 radical (unpaired) electrons. The number of ether oxygens (including phenoxy) is 3. The lowest BCUT2D eigenvalue weighted by molar-refractivity contribution is -0.157. The highest BCUT2D eigenvalue weighted by Crippen LogP contribution is 2.52. The predicted octanol–water partition coefficient (Wildman–Crippen LogP) is 3.34. The Kier molecular flexibility index (Phi) is 4.42. The number of nitrogens with one attached hydrogen (secondary N) is 1. The number of para-hydroxylation sites is 1. The number of rotatable bonds is 3. The highest BCUT2D eigenvalue weighted by atomic mass is 32.1. The minimum Gasteiger partial charge on any atom is -0.493 e. The molecule has 6 nitrogen and oxygen atoms in total. The van der Waals surface area contributed by atoms with Gasteiger partial charge in [0.05, 0.1) is 20.3 Å². The van der Waals surface area contributed by atoms with E-state index in [4.69, 9.17) is 26.4 Å². The van der Waals surface area contributed by atoms with Crippen molar-refractivity contribution in [3.05, 3.63) is 53.6 Å². The molecule has 4 rings (SSSR count). The summed E-state index contributed by atoms with van der Waals surface area (Å²) >= 11 is 5.70. The zero-order chi connectivity index (χ0) is 20.1. The fourth-order valence-corrected chi connectivity index (χ4v) is 4.59. The van der Waals surface area contributed by atoms with E-state index in [-0.39, 0.29) is 12.0 Å². The lowest BCUT2D eigenvalue weighted by Gasteiger charge is -2.55. The summed E-state index contributed by atoms with van der Waals surface area (Å²) < 4.78 is 17.2. The zero-order valence-electron chi connectivity index (χ0n) is 16.2. The zero-order valence-corrected chi connectivity index (χ0v) is 17.0. The maximum atomic E-state index is 12.9. The maximum Gasteiger partial charge on any atom is 0.317 e. The summed E-state index contributed by atoms with van der Waals surface area (Å²) in [6.07, 6.45) is 0. The molecule has 0 aliphatic carbocycles. The quantitative estimate of drug-likeness (QED) is 0.629. The van der Waals surface area contributed by atoms with Gasteiger partial charge in [0.1, 0.15) is 5.92 Å². The number of thiocarbonyl (C=S) groups is 1. The number of nitrogens with zero attached hydrogens (tertiary/aromatic N) is 1. The summed E-state index contributed by atoms with van der Waals surface area (Å²) in [5.74, 6) is 0.207. The molecule has 0 unspecified atom stereocenters. The Hall–Kier alpha value is -2.80. The van der Waals surface area contributed by atoms with Gasteiger partial charge in [-0.3, -0.25) is 9.69 Å². The van der Waals surface area contributed by atoms with Gasteiger partial charge >= 0.3 is 5.97 Å². The van der Waals surface area contributed by atoms with E-state index in [0.29, 0.717) is 16.6 Å². The van der Waals surface area contributed by atoms with Crippen LogP contribution >= 0.6 is 12.2 Å². The fraction of sp³-hybridized carbons (Fsp3) is 0.333. The summed E-state index contributed by atoms with van der Waals surface area (Å²) in [4.78, 5) is 14.7. The van der Waals surface area contributed by atoms with Crippen molar-refractivity contribution in [2.45, 2.75) is 25.6 Å². The molecule has 2 aromatic rings. The SMILES string of the molecule is COC(=O)[C@@H]1[C@H]2NC(=S)N(c3cccc(C)c3)[C@@]1(C)Oc1c(OC)cccc12. The largest absolute Gasteiger partial charge is 0.493 e. The van der Waals surface area contributed by atoms with Crippen molar-refractivity contribution in [2.24, 2.45) is 5.92 Å². The average molecular weight is 398 g/mol. The second-order valence-corrected chi connectivity index (χ2v) is 7.52. The van der Waals surface area contributed by atoms with Gasteiger partial charge in [-0.15, -0.1) is 0 Å². The standard InChI is InChI=1S/C21H22N2O4S/c1-12-7-5-8-13(11-12)23-20(28)22-17-14-9-6-10-15(25-3)18(14)27-21(23,2)16(17)19(24)26-4/h5-11,16-17H,1-4H3,(H,22,28)/t16-,17-,21-/m0/s1. The lowest BCUT2D eigenvalue weighted by Crippen LogP contribution is -2.71. The molecule has 2 aliphatic heterocycles. The Morgan fingerprint density at radius 3 is 2.68 bits per heavy atom. The van der Waals surface area contributed by atoms with Crippen LogP contribution in [-0.2, 0) is 9.53 Å². The van der Waals surface area contributed by atoms with Crippen LogP contribution in [0.5, 0.6) is 11.5 Å². The molecule has 1 saturated heterocycles. The second kappa shape index (κ2) is 6.67. The molecule has 2 aliphatic rings. The first-order chi connectivity index (χ1) is 13.4. The number of anilines is 1. The van der Waals surface area contributed by atoms with Gasteiger partial charge in [-0.25, -0.2) is 0 Å². The molecule has 146 valence electrons. The Morgan fingerprint density at radius 2 is 2.00 bits per heavy atom. The van der Waals surface area contributed by atoms with Crippen molar-refractivity contribution in [3.8, 4) is 11.5 Å². The van der Waals surface area contributed by atoms with Crippen LogP contribution in [0, 0.1) is 12.8 Å². The predicted molar refractivity (Wildman–Crippen MR) is 110 cm³/mol. The smallest absolute Gasteiger partial charge is 0.317 e. The Balaban J connectivity index is 1.94. The number of hydrogen-bond donors (Lipinski definition) is 1. The van der Waals surface area contributed by atoms with Gasteiger partial charge in [0.25, 0.3) is 0 Å². The molecule has 2 bridgehead atoms. The van der Waals surface area contributed by atoms with Gasteiger partial charge in [0, 0.05) is 11.3 Å². The molecular weight excluding hydrogens is 376 g/mol. The van der Waals surface area contributed by atoms with Crippen LogP contribution in [0.1, 0.15) is 24.1 Å². The number of aryl methyl sites for hydroxylation is 1. The molecular formula is C21H22N2O4S. The van der Waals surface area contributed by atoms with Crippen LogP contribution in [0.4, 0.5) is 5.69 Å². The molecule has 0 amide bonds. The number of hydrogen-bond acceptors (Lipinski definition) is 5. The number of carbonyl (C=O) groups excluding carboxylic acids is 1. The number of methoxy groups -OCH3 is 2. The monoisotopic (exact) mass is 398 g/mol. The fourth-order valence-electron chi connectivity index (χ4n) is 4.17. The summed E-state index contributed by atoms with van der Waals surface area (Å²) in [7, 11) is 2.98. The molecule has 0 spiro atoms. The van der Waals surface area contributed by atoms with Crippen LogP contribution in [0.15, 0.2) is 42.5 Å². The molecule has 1 N–H and O–H groups in total. The first kappa shape index (κ1) is 18.6. The van der Waals surface area contributed by atoms with Crippen LogP contribution in [0.3, 0.4) is 0 Å². The van der Waals surface area contributed by atoms with Gasteiger partial charge in [-0.05, 0) is 49.8 Å². The molecule has 1 fully saturated rings. The van der Waals surface area contributed by atoms with Gasteiger partial charge in [-0.2, -0.15) is 0 Å². The van der Waals surface area contributed by atoms with Crippen molar-refractivity contribution < 1.29 is 19.0 Å². The van der Waals surface area contributed by atoms with Gasteiger partial charge in [0.2, 0.25) is 5.72 Å². The van der Waals surface area contributed by atoms with E-state index in [1.165, 1.54) is 7.11 Å². The molecule has 2 heterocycles. The normalized spacial score (nSPS) is 25.3. The Bertz CT molecular complexity index is 963. The molecule has 28 heavy (non-hydrogen) atoms. The maximum absolute atomic E-state index is 12.9. The lowest BCUT2D eigenvalue weighted by atomic mass is 9.79. The third-order valence-electron chi connectivity index (χ3n) is 5.42. The van der Waals surface area contributed by atoms with E-state index < -0.39 is 11.6 Å². The Labute approximate surface area is 169 Å². The average Bonchev–Trinajstić information content (AvgIpc) is 2.66. The van der Waals surface area contributed by atoms with E-state index in [0.717, 1.165) is 16.8 Å². The van der Waals surface area contributed by atoms with Crippen molar-refractivity contribution in [2.75, 3.05) is 19.1 Å². The van der Waals surface area contributed by atoms with E-state index in [9.17, 15) is 4.79 Å². The van der Waals surface area contributed by atoms with Gasteiger partial charge < -0.3 is 19.5 Å². The van der Waals surface area contributed by atoms with Crippen molar-refractivity contribution >= 4 is 29.0 Å². The molecule has 0 aromatic heterocycles. The molecule has 7 heteroatoms. The Morgan fingerprint density at radius 1 is 1.25 bits per heavy atom. The van der Waals surface area contributed by atoms with E-state index in [2.05, 4.69) is 5.32 Å². The minimum atomic E-state index is -1.09. The second-order valence-electron chi connectivity index (χ2n) is 7.14. The number of esters is 1. The van der Waals surface area contributed by atoms with Gasteiger partial charge in [-0.1, -0.05) is 24.3 Å². The number of benzene rings is 2. The summed E-state index contributed by atoms with van der Waals surface area (Å²) in [6, 6.07) is 13.2. The number of fused-ring (bicyclic) bond motifs is 4. The highest BCUT2D eigenvalue weighted by Gasteiger charge is 2.60. The third kappa shape index (κ3) is 2.61. The van der Waals surface area contributed by atoms with E-state index in [1.807, 2.05) is 61.2 Å². The van der Waals surface area contributed by atoms with Crippen molar-refractivity contribution in [1.82, 2.24) is 5.32 Å². The summed E-state index contributed by atoms with van der Waals surface area (Å²) in [6.45, 7) is 3.87. The number of carbonyl (C=O) groups is 1. The molecule has 2 aromatic carbocycles. The highest BCUT2D eigenvalue weighted by molar-refractivity contribution is 7.80. The summed E-state index contributed by atoms with van der Waals surface area (Å²) in [5.41, 5.74) is 1.65. The summed E-state index contributed by atoms with van der Waals surface area (Å²) in [5, 5.41) is 3.83. The molecule has 0 saturated carbocycles. The van der Waals surface area contributed by atoms with E-state index >= 15 is 0 Å². The van der Waals surface area contributed by atoms with E-state index in [1.54, 1.807) is 7.11 Å². The molecule has 3 atom stereocenters. The first-order valence-corrected chi connectivity index (χ1v) is 9.42. The van der Waals surface area contributed by atoms with Crippen LogP contribution in [0.25, 0.3) is 0 Å². The van der Waals surface area contributed by atoms with Crippen LogP contribution < -0.4 is 19.7 Å². The van der Waals surface area contributed by atoms with Crippen LogP contribution in [0.2, 0.25) is 0 Å². The van der Waals surface area contributed by atoms with Crippen molar-refractivity contribution in [1.29, 1.82) is 0 Å². The topological polar surface area (TPSA) is 60.0 Å². The third-order valence-corrected chi connectivity index (χ3v) is 5.72. The van der Waals surface area contributed by atoms with Crippen LogP contribution in [-0.4, -0.2) is 31.0 Å². The first-order valence-electron chi connectivity index (χ1n) is 9.02. The van der Waals surface area contributed by atoms with Crippen molar-refractivity contribution in [3.63, 3.8) is 0 Å². The minimum absolute atomic E-state index is 0.367. The van der Waals surface area contributed by atoms with Gasteiger partial charge in [0.15, 0.2) is 16.6 Å².